The maximum atomic E-state index is 11.5. The van der Waals surface area contributed by atoms with E-state index in [4.69, 9.17) is 0 Å². The molecule has 26 heavy (non-hydrogen) atoms. The minimum absolute atomic E-state index is 0.00136. The number of aromatic amines is 1. The first-order valence-corrected chi connectivity index (χ1v) is 8.88. The van der Waals surface area contributed by atoms with E-state index in [9.17, 15) is 15.0 Å². The highest BCUT2D eigenvalue weighted by Gasteiger charge is 2.28. The highest BCUT2D eigenvalue weighted by Crippen LogP contribution is 2.33. The highest BCUT2D eigenvalue weighted by molar-refractivity contribution is 5.87. The Balaban J connectivity index is 1.53. The third-order valence-electron chi connectivity index (χ3n) is 5.43. The summed E-state index contributed by atoms with van der Waals surface area (Å²) in [7, 11) is 0. The second-order valence-electron chi connectivity index (χ2n) is 7.01. The van der Waals surface area contributed by atoms with E-state index in [-0.39, 0.29) is 17.4 Å². The molecule has 3 atom stereocenters. The van der Waals surface area contributed by atoms with Gasteiger partial charge in [-0.05, 0) is 41.2 Å². The van der Waals surface area contributed by atoms with Gasteiger partial charge < -0.3 is 20.5 Å². The van der Waals surface area contributed by atoms with E-state index >= 15 is 0 Å². The summed E-state index contributed by atoms with van der Waals surface area (Å²) < 4.78 is 0. The van der Waals surface area contributed by atoms with Crippen LogP contribution < -0.4 is 10.9 Å². The quantitative estimate of drug-likeness (QED) is 0.583. The molecule has 0 fully saturated rings. The molecule has 0 saturated heterocycles. The molecule has 1 aliphatic carbocycles. The fourth-order valence-electron chi connectivity index (χ4n) is 3.97. The second kappa shape index (κ2) is 6.59. The van der Waals surface area contributed by atoms with Gasteiger partial charge in [0.05, 0.1) is 11.6 Å². The van der Waals surface area contributed by atoms with Crippen LogP contribution in [0.4, 0.5) is 0 Å². The summed E-state index contributed by atoms with van der Waals surface area (Å²) in [5.74, 6) is 0.396. The Bertz CT molecular complexity index is 1010. The van der Waals surface area contributed by atoms with Crippen molar-refractivity contribution in [2.75, 3.05) is 6.54 Å². The third-order valence-corrected chi connectivity index (χ3v) is 5.43. The SMILES string of the molecule is C[C@H]1c2ccccc2C[C@@H]1NC[C@H](O)c1ccc(O)c2[nH]c(=O)ccc12. The van der Waals surface area contributed by atoms with E-state index < -0.39 is 6.10 Å². The van der Waals surface area contributed by atoms with Crippen LogP contribution in [-0.2, 0) is 6.42 Å². The van der Waals surface area contributed by atoms with Crippen LogP contribution in [0.1, 0.15) is 35.6 Å². The Morgan fingerprint density at radius 3 is 2.81 bits per heavy atom. The van der Waals surface area contributed by atoms with Crippen molar-refractivity contribution in [3.05, 3.63) is 75.6 Å². The molecule has 1 heterocycles. The van der Waals surface area contributed by atoms with Gasteiger partial charge in [-0.25, -0.2) is 0 Å². The Hall–Kier alpha value is -2.63. The summed E-state index contributed by atoms with van der Waals surface area (Å²) in [6.45, 7) is 2.61. The summed E-state index contributed by atoms with van der Waals surface area (Å²) >= 11 is 0. The molecule has 4 N–H and O–H groups in total. The van der Waals surface area contributed by atoms with E-state index in [0.717, 1.165) is 6.42 Å². The molecule has 0 bridgehead atoms. The monoisotopic (exact) mass is 350 g/mol. The van der Waals surface area contributed by atoms with Crippen molar-refractivity contribution in [2.45, 2.75) is 31.4 Å². The number of aromatic nitrogens is 1. The number of fused-ring (bicyclic) bond motifs is 2. The number of hydrogen-bond acceptors (Lipinski definition) is 4. The number of aliphatic hydroxyl groups excluding tert-OH is 1. The number of aromatic hydroxyl groups is 1. The maximum Gasteiger partial charge on any atom is 0.248 e. The molecule has 2 aromatic carbocycles. The lowest BCUT2D eigenvalue weighted by atomic mass is 9.99. The lowest BCUT2D eigenvalue weighted by Gasteiger charge is -2.21. The van der Waals surface area contributed by atoms with Crippen LogP contribution in [0.15, 0.2) is 53.3 Å². The minimum atomic E-state index is -0.736. The maximum absolute atomic E-state index is 11.5. The van der Waals surface area contributed by atoms with Gasteiger partial charge in [0.15, 0.2) is 0 Å². The van der Waals surface area contributed by atoms with E-state index in [1.54, 1.807) is 12.1 Å². The first-order valence-electron chi connectivity index (χ1n) is 8.88. The minimum Gasteiger partial charge on any atom is -0.506 e. The van der Waals surface area contributed by atoms with Crippen molar-refractivity contribution >= 4 is 10.9 Å². The van der Waals surface area contributed by atoms with Crippen LogP contribution in [0.2, 0.25) is 0 Å². The van der Waals surface area contributed by atoms with Crippen molar-refractivity contribution in [1.29, 1.82) is 0 Å². The average Bonchev–Trinajstić information content (AvgIpc) is 2.97. The van der Waals surface area contributed by atoms with Crippen molar-refractivity contribution in [2.24, 2.45) is 0 Å². The zero-order valence-electron chi connectivity index (χ0n) is 14.6. The fraction of sp³-hybridized carbons (Fsp3) is 0.286. The van der Waals surface area contributed by atoms with Gasteiger partial charge in [0.25, 0.3) is 0 Å². The molecule has 4 rings (SSSR count). The molecule has 0 radical (unpaired) electrons. The fourth-order valence-corrected chi connectivity index (χ4v) is 3.97. The van der Waals surface area contributed by atoms with E-state index in [1.165, 1.54) is 23.3 Å². The van der Waals surface area contributed by atoms with Crippen LogP contribution >= 0.6 is 0 Å². The van der Waals surface area contributed by atoms with Crippen molar-refractivity contribution in [1.82, 2.24) is 10.3 Å². The first-order chi connectivity index (χ1) is 12.5. The van der Waals surface area contributed by atoms with Crippen molar-refractivity contribution < 1.29 is 10.2 Å². The predicted octanol–water partition coefficient (Wildman–Crippen LogP) is 2.59. The number of phenolic OH excluding ortho intramolecular Hbond substituents is 1. The van der Waals surface area contributed by atoms with Crippen LogP contribution in [0, 0.1) is 0 Å². The lowest BCUT2D eigenvalue weighted by molar-refractivity contribution is 0.170. The molecule has 0 aliphatic heterocycles. The smallest absolute Gasteiger partial charge is 0.248 e. The molecule has 5 nitrogen and oxygen atoms in total. The van der Waals surface area contributed by atoms with E-state index in [1.807, 2.05) is 0 Å². The number of H-pyrrole nitrogens is 1. The summed E-state index contributed by atoms with van der Waals surface area (Å²) in [5.41, 5.74) is 3.49. The number of phenols is 1. The zero-order chi connectivity index (χ0) is 18.3. The molecule has 134 valence electrons. The number of rotatable bonds is 4. The molecular weight excluding hydrogens is 328 g/mol. The van der Waals surface area contributed by atoms with Gasteiger partial charge in [-0.3, -0.25) is 4.79 Å². The first kappa shape index (κ1) is 16.8. The van der Waals surface area contributed by atoms with Crippen LogP contribution in [0.3, 0.4) is 0 Å². The van der Waals surface area contributed by atoms with Gasteiger partial charge in [0.1, 0.15) is 5.75 Å². The Labute approximate surface area is 151 Å². The number of hydrogen-bond donors (Lipinski definition) is 4. The summed E-state index contributed by atoms with van der Waals surface area (Å²) in [6.07, 6.45) is 0.216. The second-order valence-corrected chi connectivity index (χ2v) is 7.01. The van der Waals surface area contributed by atoms with Crippen LogP contribution in [-0.4, -0.2) is 27.8 Å². The molecule has 0 unspecified atom stereocenters. The molecule has 1 aliphatic rings. The lowest BCUT2D eigenvalue weighted by Crippen LogP contribution is -2.35. The summed E-state index contributed by atoms with van der Waals surface area (Å²) in [5, 5.41) is 24.8. The van der Waals surface area contributed by atoms with Crippen molar-refractivity contribution in [3.63, 3.8) is 0 Å². The molecular formula is C21H22N2O3. The average molecular weight is 350 g/mol. The molecule has 5 heteroatoms. The molecule has 0 saturated carbocycles. The normalized spacial score (nSPS) is 20.2. The summed E-state index contributed by atoms with van der Waals surface area (Å²) in [4.78, 5) is 14.2. The van der Waals surface area contributed by atoms with E-state index in [0.29, 0.717) is 28.9 Å². The zero-order valence-corrected chi connectivity index (χ0v) is 14.6. The Morgan fingerprint density at radius 1 is 1.19 bits per heavy atom. The standard InChI is InChI=1S/C21H22N2O3/c1-12-14-5-3-2-4-13(14)10-17(12)22-11-19(25)15-6-8-18(24)21-16(15)7-9-20(26)23-21/h2-9,12,17,19,22,24-25H,10-11H2,1H3,(H,23,26)/t12-,17-,19-/m0/s1. The van der Waals surface area contributed by atoms with Crippen LogP contribution in [0.5, 0.6) is 5.75 Å². The van der Waals surface area contributed by atoms with Crippen molar-refractivity contribution in [3.8, 4) is 5.75 Å². The Kier molecular flexibility index (Phi) is 4.26. The van der Waals surface area contributed by atoms with E-state index in [2.05, 4.69) is 41.5 Å². The number of aliphatic hydroxyl groups is 1. The molecule has 1 aromatic heterocycles. The third kappa shape index (κ3) is 2.89. The number of pyridine rings is 1. The van der Waals surface area contributed by atoms with Gasteiger partial charge in [0, 0.05) is 24.0 Å². The predicted molar refractivity (Wildman–Crippen MR) is 102 cm³/mol. The number of nitrogens with one attached hydrogen (secondary N) is 2. The van der Waals surface area contributed by atoms with Crippen LogP contribution in [0.25, 0.3) is 10.9 Å². The topological polar surface area (TPSA) is 85.3 Å². The Morgan fingerprint density at radius 2 is 2.00 bits per heavy atom. The summed E-state index contributed by atoms with van der Waals surface area (Å²) in [6, 6.07) is 15.0. The van der Waals surface area contributed by atoms with Gasteiger partial charge in [-0.1, -0.05) is 37.3 Å². The van der Waals surface area contributed by atoms with Gasteiger partial charge in [-0.15, -0.1) is 0 Å². The molecule has 0 spiro atoms. The molecule has 0 amide bonds. The van der Waals surface area contributed by atoms with Gasteiger partial charge >= 0.3 is 0 Å². The number of benzene rings is 2. The highest BCUT2D eigenvalue weighted by atomic mass is 16.3. The van der Waals surface area contributed by atoms with Gasteiger partial charge in [0.2, 0.25) is 5.56 Å². The molecule has 3 aromatic rings. The van der Waals surface area contributed by atoms with Gasteiger partial charge in [-0.2, -0.15) is 0 Å². The largest absolute Gasteiger partial charge is 0.506 e.